The van der Waals surface area contributed by atoms with E-state index in [2.05, 4.69) is 5.32 Å². The Morgan fingerprint density at radius 3 is 2.44 bits per heavy atom. The number of halogens is 1. The molecule has 3 aromatic carbocycles. The van der Waals surface area contributed by atoms with Crippen LogP contribution in [0.5, 0.6) is 0 Å². The van der Waals surface area contributed by atoms with E-state index in [9.17, 15) is 18.8 Å². The van der Waals surface area contributed by atoms with Gasteiger partial charge in [-0.25, -0.2) is 4.39 Å². The van der Waals surface area contributed by atoms with E-state index in [0.29, 0.717) is 16.9 Å². The van der Waals surface area contributed by atoms with Crippen LogP contribution in [0.15, 0.2) is 78.9 Å². The fourth-order valence-corrected chi connectivity index (χ4v) is 5.54. The lowest BCUT2D eigenvalue weighted by molar-refractivity contribution is -0.124. The molecule has 2 aliphatic rings. The fraction of sp³-hybridized carbons (Fsp3) is 0.125. The lowest BCUT2D eigenvalue weighted by Gasteiger charge is -2.33. The summed E-state index contributed by atoms with van der Waals surface area (Å²) in [7, 11) is 0. The third kappa shape index (κ3) is 3.06. The van der Waals surface area contributed by atoms with E-state index in [1.165, 1.54) is 39.8 Å². The van der Waals surface area contributed by atoms with Gasteiger partial charge in [0.1, 0.15) is 12.4 Å². The third-order valence-corrected chi connectivity index (χ3v) is 6.91. The van der Waals surface area contributed by atoms with Gasteiger partial charge in [-0.3, -0.25) is 24.2 Å². The number of nitrogens with zero attached hydrogens (tertiary/aromatic N) is 2. The highest BCUT2D eigenvalue weighted by molar-refractivity contribution is 8.02. The molecule has 0 saturated carbocycles. The molecule has 2 aliphatic heterocycles. The lowest BCUT2D eigenvalue weighted by Crippen LogP contribution is -2.50. The number of benzene rings is 3. The number of nitrogens with one attached hydrogen (secondary N) is 1. The van der Waals surface area contributed by atoms with Crippen LogP contribution in [-0.4, -0.2) is 30.0 Å². The van der Waals surface area contributed by atoms with E-state index in [0.717, 1.165) is 0 Å². The molecule has 6 nitrogen and oxygen atoms in total. The first-order valence-corrected chi connectivity index (χ1v) is 11.0. The van der Waals surface area contributed by atoms with E-state index >= 15 is 0 Å². The van der Waals surface area contributed by atoms with Crippen molar-refractivity contribution in [3.63, 3.8) is 0 Å². The molecule has 1 atom stereocenters. The van der Waals surface area contributed by atoms with Gasteiger partial charge in [0.05, 0.1) is 17.1 Å². The van der Waals surface area contributed by atoms with E-state index in [-0.39, 0.29) is 29.8 Å². The molecule has 1 fully saturated rings. The standard InChI is InChI=1S/C24H18FN3O3S/c25-18-11-5-6-12-19(18)26-21(29)14-27-20-13-7-4-10-17(20)24(23(27)31)28(22(30)15-32-24)16-8-2-1-3-9-16/h1-13H,14-15H2,(H,26,29)/t24-/m1/s1. The van der Waals surface area contributed by atoms with Crippen LogP contribution in [0.1, 0.15) is 5.56 Å². The zero-order valence-corrected chi connectivity index (χ0v) is 17.6. The Morgan fingerprint density at radius 2 is 1.66 bits per heavy atom. The smallest absolute Gasteiger partial charge is 0.269 e. The van der Waals surface area contributed by atoms with Gasteiger partial charge in [-0.15, -0.1) is 11.8 Å². The summed E-state index contributed by atoms with van der Waals surface area (Å²) in [4.78, 5) is 41.1. The zero-order chi connectivity index (χ0) is 22.3. The topological polar surface area (TPSA) is 69.7 Å². The predicted octanol–water partition coefficient (Wildman–Crippen LogP) is 3.74. The van der Waals surface area contributed by atoms with Crippen molar-refractivity contribution in [2.75, 3.05) is 27.4 Å². The van der Waals surface area contributed by atoms with Gasteiger partial charge in [-0.05, 0) is 30.3 Å². The van der Waals surface area contributed by atoms with Crippen LogP contribution in [0.4, 0.5) is 21.5 Å². The van der Waals surface area contributed by atoms with Crippen molar-refractivity contribution in [3.8, 4) is 0 Å². The number of para-hydroxylation sites is 3. The van der Waals surface area contributed by atoms with Crippen LogP contribution < -0.4 is 15.1 Å². The summed E-state index contributed by atoms with van der Waals surface area (Å²) in [6.45, 7) is -0.302. The molecule has 2 heterocycles. The number of carbonyl (C=O) groups excluding carboxylic acids is 3. The van der Waals surface area contributed by atoms with Crippen molar-refractivity contribution < 1.29 is 18.8 Å². The number of thioether (sulfide) groups is 1. The maximum atomic E-state index is 14.0. The van der Waals surface area contributed by atoms with Crippen LogP contribution in [0.25, 0.3) is 0 Å². The highest BCUT2D eigenvalue weighted by atomic mass is 32.2. The van der Waals surface area contributed by atoms with Crippen LogP contribution >= 0.6 is 11.8 Å². The summed E-state index contributed by atoms with van der Waals surface area (Å²) < 4.78 is 14.0. The highest BCUT2D eigenvalue weighted by Gasteiger charge is 2.61. The van der Waals surface area contributed by atoms with Crippen LogP contribution in [0, 0.1) is 5.82 Å². The Morgan fingerprint density at radius 1 is 0.969 bits per heavy atom. The van der Waals surface area contributed by atoms with Gasteiger partial charge < -0.3 is 5.32 Å². The zero-order valence-electron chi connectivity index (χ0n) is 16.8. The monoisotopic (exact) mass is 447 g/mol. The second-order valence-corrected chi connectivity index (χ2v) is 8.60. The van der Waals surface area contributed by atoms with E-state index < -0.39 is 16.6 Å². The summed E-state index contributed by atoms with van der Waals surface area (Å²) in [5.74, 6) is -1.50. The van der Waals surface area contributed by atoms with Crippen molar-refractivity contribution >= 4 is 46.5 Å². The number of hydrogen-bond donors (Lipinski definition) is 1. The van der Waals surface area contributed by atoms with Gasteiger partial charge in [-0.1, -0.05) is 48.5 Å². The van der Waals surface area contributed by atoms with E-state index in [1.54, 1.807) is 30.3 Å². The maximum Gasteiger partial charge on any atom is 0.269 e. The number of anilines is 3. The molecular weight excluding hydrogens is 429 g/mol. The molecule has 3 amide bonds. The van der Waals surface area contributed by atoms with Crippen molar-refractivity contribution in [1.82, 2.24) is 0 Å². The largest absolute Gasteiger partial charge is 0.322 e. The molecular formula is C24H18FN3O3S. The summed E-state index contributed by atoms with van der Waals surface area (Å²) in [6, 6.07) is 22.0. The number of rotatable bonds is 4. The molecule has 160 valence electrons. The molecule has 8 heteroatoms. The minimum atomic E-state index is -1.28. The lowest BCUT2D eigenvalue weighted by atomic mass is 10.0. The van der Waals surface area contributed by atoms with Crippen LogP contribution in [-0.2, 0) is 19.3 Å². The van der Waals surface area contributed by atoms with Gasteiger partial charge in [0, 0.05) is 11.3 Å². The van der Waals surface area contributed by atoms with Crippen molar-refractivity contribution in [2.24, 2.45) is 0 Å². The number of hydrogen-bond acceptors (Lipinski definition) is 4. The Kier molecular flexibility index (Phi) is 4.94. The maximum absolute atomic E-state index is 14.0. The van der Waals surface area contributed by atoms with Gasteiger partial charge in [0.15, 0.2) is 0 Å². The second kappa shape index (κ2) is 7.80. The van der Waals surface area contributed by atoms with Crippen molar-refractivity contribution in [1.29, 1.82) is 0 Å². The predicted molar refractivity (Wildman–Crippen MR) is 122 cm³/mol. The molecule has 0 radical (unpaired) electrons. The number of carbonyl (C=O) groups is 3. The molecule has 0 aromatic heterocycles. The van der Waals surface area contributed by atoms with Crippen LogP contribution in [0.3, 0.4) is 0 Å². The fourth-order valence-electron chi connectivity index (χ4n) is 4.19. The molecule has 0 bridgehead atoms. The van der Waals surface area contributed by atoms with Gasteiger partial charge >= 0.3 is 0 Å². The Labute approximate surface area is 188 Å². The normalized spacial score (nSPS) is 19.5. The van der Waals surface area contributed by atoms with Gasteiger partial charge in [-0.2, -0.15) is 0 Å². The van der Waals surface area contributed by atoms with Gasteiger partial charge in [0.25, 0.3) is 5.91 Å². The van der Waals surface area contributed by atoms with Crippen LogP contribution in [0.2, 0.25) is 0 Å². The first-order chi connectivity index (χ1) is 15.5. The van der Waals surface area contributed by atoms with Crippen molar-refractivity contribution in [2.45, 2.75) is 4.87 Å². The van der Waals surface area contributed by atoms with E-state index in [4.69, 9.17) is 0 Å². The second-order valence-electron chi connectivity index (χ2n) is 7.43. The number of fused-ring (bicyclic) bond motifs is 2. The highest BCUT2D eigenvalue weighted by Crippen LogP contribution is 2.55. The summed E-state index contributed by atoms with van der Waals surface area (Å²) in [6.07, 6.45) is 0. The van der Waals surface area contributed by atoms with Gasteiger partial charge in [0.2, 0.25) is 16.7 Å². The minimum Gasteiger partial charge on any atom is -0.322 e. The average molecular weight is 447 g/mol. The summed E-state index contributed by atoms with van der Waals surface area (Å²) >= 11 is 1.24. The Balaban J connectivity index is 1.52. The first kappa shape index (κ1) is 20.3. The molecule has 32 heavy (non-hydrogen) atoms. The summed E-state index contributed by atoms with van der Waals surface area (Å²) in [5, 5.41) is 2.52. The average Bonchev–Trinajstić information content (AvgIpc) is 3.27. The Bertz CT molecular complexity index is 1240. The molecule has 1 saturated heterocycles. The third-order valence-electron chi connectivity index (χ3n) is 5.53. The minimum absolute atomic E-state index is 0.0449. The molecule has 0 unspecified atom stereocenters. The quantitative estimate of drug-likeness (QED) is 0.662. The molecule has 0 aliphatic carbocycles. The summed E-state index contributed by atoms with van der Waals surface area (Å²) in [5.41, 5.74) is 1.87. The van der Waals surface area contributed by atoms with E-state index in [1.807, 2.05) is 30.3 Å². The molecule has 3 aromatic rings. The molecule has 1 N–H and O–H groups in total. The van der Waals surface area contributed by atoms with Crippen molar-refractivity contribution in [3.05, 3.63) is 90.2 Å². The Hall–Kier alpha value is -3.65. The first-order valence-electron chi connectivity index (χ1n) is 10.0. The molecule has 1 spiro atoms. The SMILES string of the molecule is O=C(CN1C(=O)[C@]2(SCC(=O)N2c2ccccc2)c2ccccc21)Nc1ccccc1F. The molecule has 5 rings (SSSR count). The number of amides is 3.